The van der Waals surface area contributed by atoms with Crippen LogP contribution < -0.4 is 16.0 Å². The Bertz CT molecular complexity index is 959. The predicted octanol–water partition coefficient (Wildman–Crippen LogP) is 3.39. The van der Waals surface area contributed by atoms with Crippen molar-refractivity contribution in [2.24, 2.45) is 0 Å². The van der Waals surface area contributed by atoms with E-state index in [4.69, 9.17) is 10.7 Å². The first-order chi connectivity index (χ1) is 13.0. The average Bonchev–Trinajstić information content (AvgIpc) is 3.14. The number of anilines is 3. The number of fused-ring (bicyclic) bond motifs is 1. The van der Waals surface area contributed by atoms with Crippen LogP contribution in [-0.4, -0.2) is 33.0 Å². The minimum absolute atomic E-state index is 0.0146. The fourth-order valence-corrected chi connectivity index (χ4v) is 3.69. The Kier molecular flexibility index (Phi) is 4.51. The van der Waals surface area contributed by atoms with Crippen molar-refractivity contribution in [1.82, 2.24) is 19.9 Å². The number of aromatic nitrogens is 4. The molecule has 140 valence electrons. The van der Waals surface area contributed by atoms with E-state index >= 15 is 0 Å². The van der Waals surface area contributed by atoms with E-state index in [1.165, 1.54) is 18.4 Å². The Hall–Kier alpha value is -2.96. The standard InChI is InChI=1S/C20H25N7/c1-12-7-6-8-15-11-16(18(25-17(12)15)27-9-4-5-10-27)13(2)22-20-24-14(3)23-19(21)26-20/h6-8,11,13H,4-5,9-10H2,1-3H3,(H3,21,22,23,24,26). The highest BCUT2D eigenvalue weighted by molar-refractivity contribution is 5.85. The molecule has 1 aromatic carbocycles. The molecule has 0 saturated carbocycles. The highest BCUT2D eigenvalue weighted by Gasteiger charge is 2.22. The molecule has 3 N–H and O–H groups in total. The zero-order valence-electron chi connectivity index (χ0n) is 16.0. The van der Waals surface area contributed by atoms with E-state index in [0.717, 1.165) is 35.4 Å². The molecule has 1 atom stereocenters. The van der Waals surface area contributed by atoms with Crippen molar-refractivity contribution >= 4 is 28.6 Å². The number of nitrogens with zero attached hydrogens (tertiary/aromatic N) is 5. The molecule has 0 spiro atoms. The molecule has 0 amide bonds. The number of benzene rings is 1. The second kappa shape index (κ2) is 6.98. The number of rotatable bonds is 4. The maximum atomic E-state index is 5.77. The Balaban J connectivity index is 1.77. The third-order valence-corrected chi connectivity index (χ3v) is 5.04. The van der Waals surface area contributed by atoms with Crippen LogP contribution in [0.3, 0.4) is 0 Å². The monoisotopic (exact) mass is 363 g/mol. The van der Waals surface area contributed by atoms with Gasteiger partial charge in [-0.15, -0.1) is 0 Å². The van der Waals surface area contributed by atoms with E-state index in [1.54, 1.807) is 0 Å². The first-order valence-corrected chi connectivity index (χ1v) is 9.41. The van der Waals surface area contributed by atoms with Crippen molar-refractivity contribution in [3.8, 4) is 0 Å². The molecule has 0 radical (unpaired) electrons. The van der Waals surface area contributed by atoms with E-state index in [0.29, 0.717) is 11.8 Å². The van der Waals surface area contributed by atoms with Gasteiger partial charge in [-0.1, -0.05) is 18.2 Å². The van der Waals surface area contributed by atoms with Crippen LogP contribution >= 0.6 is 0 Å². The number of pyridine rings is 1. The summed E-state index contributed by atoms with van der Waals surface area (Å²) in [4.78, 5) is 20.1. The van der Waals surface area contributed by atoms with Crippen molar-refractivity contribution in [2.75, 3.05) is 29.0 Å². The summed E-state index contributed by atoms with van der Waals surface area (Å²) in [5.74, 6) is 2.37. The van der Waals surface area contributed by atoms with Gasteiger partial charge in [-0.05, 0) is 45.2 Å². The van der Waals surface area contributed by atoms with Gasteiger partial charge in [0.1, 0.15) is 11.6 Å². The molecule has 7 heteroatoms. The third-order valence-electron chi connectivity index (χ3n) is 5.04. The minimum Gasteiger partial charge on any atom is -0.368 e. The van der Waals surface area contributed by atoms with E-state index in [2.05, 4.69) is 63.3 Å². The quantitative estimate of drug-likeness (QED) is 0.734. The summed E-state index contributed by atoms with van der Waals surface area (Å²) in [5.41, 5.74) is 9.18. The van der Waals surface area contributed by atoms with Gasteiger partial charge in [0.05, 0.1) is 11.6 Å². The van der Waals surface area contributed by atoms with Gasteiger partial charge in [0.15, 0.2) is 0 Å². The van der Waals surface area contributed by atoms with Gasteiger partial charge < -0.3 is 16.0 Å². The molecule has 27 heavy (non-hydrogen) atoms. The fraction of sp³-hybridized carbons (Fsp3) is 0.400. The largest absolute Gasteiger partial charge is 0.368 e. The lowest BCUT2D eigenvalue weighted by Gasteiger charge is -2.25. The molecule has 1 unspecified atom stereocenters. The van der Waals surface area contributed by atoms with Crippen molar-refractivity contribution in [3.05, 3.63) is 41.2 Å². The van der Waals surface area contributed by atoms with Crippen LogP contribution in [0, 0.1) is 13.8 Å². The lowest BCUT2D eigenvalue weighted by Crippen LogP contribution is -2.23. The smallest absolute Gasteiger partial charge is 0.228 e. The minimum atomic E-state index is -0.0146. The molecular formula is C20H25N7. The van der Waals surface area contributed by atoms with Crippen molar-refractivity contribution in [2.45, 2.75) is 39.7 Å². The molecule has 1 aliphatic heterocycles. The molecule has 1 saturated heterocycles. The van der Waals surface area contributed by atoms with Gasteiger partial charge >= 0.3 is 0 Å². The SMILES string of the molecule is Cc1nc(N)nc(NC(C)c2cc3cccc(C)c3nc2N2CCCC2)n1. The topological polar surface area (TPSA) is 92.8 Å². The van der Waals surface area contributed by atoms with Gasteiger partial charge in [0.2, 0.25) is 11.9 Å². The van der Waals surface area contributed by atoms with E-state index in [-0.39, 0.29) is 12.0 Å². The van der Waals surface area contributed by atoms with Crippen LogP contribution in [-0.2, 0) is 0 Å². The summed E-state index contributed by atoms with van der Waals surface area (Å²) in [7, 11) is 0. The fourth-order valence-electron chi connectivity index (χ4n) is 3.69. The summed E-state index contributed by atoms with van der Waals surface area (Å²) >= 11 is 0. The average molecular weight is 363 g/mol. The highest BCUT2D eigenvalue weighted by Crippen LogP contribution is 2.32. The Morgan fingerprint density at radius 3 is 2.59 bits per heavy atom. The lowest BCUT2D eigenvalue weighted by molar-refractivity contribution is 0.825. The lowest BCUT2D eigenvalue weighted by atomic mass is 10.0. The Morgan fingerprint density at radius 1 is 1.07 bits per heavy atom. The first kappa shape index (κ1) is 17.5. The zero-order chi connectivity index (χ0) is 19.0. The summed E-state index contributed by atoms with van der Waals surface area (Å²) in [6.07, 6.45) is 2.41. The number of hydrogen-bond donors (Lipinski definition) is 2. The Morgan fingerprint density at radius 2 is 1.85 bits per heavy atom. The first-order valence-electron chi connectivity index (χ1n) is 9.41. The summed E-state index contributed by atoms with van der Waals surface area (Å²) in [6.45, 7) is 8.11. The highest BCUT2D eigenvalue weighted by atomic mass is 15.2. The van der Waals surface area contributed by atoms with E-state index in [1.807, 2.05) is 6.92 Å². The molecular weight excluding hydrogens is 338 g/mol. The molecule has 0 aliphatic carbocycles. The predicted molar refractivity (Wildman–Crippen MR) is 109 cm³/mol. The molecule has 0 bridgehead atoms. The summed E-state index contributed by atoms with van der Waals surface area (Å²) in [6, 6.07) is 8.52. The van der Waals surface area contributed by atoms with Crippen molar-refractivity contribution in [1.29, 1.82) is 0 Å². The van der Waals surface area contributed by atoms with Crippen LogP contribution in [0.1, 0.15) is 42.8 Å². The van der Waals surface area contributed by atoms with Crippen molar-refractivity contribution in [3.63, 3.8) is 0 Å². The molecule has 1 fully saturated rings. The van der Waals surface area contributed by atoms with Crippen LogP contribution in [0.5, 0.6) is 0 Å². The third kappa shape index (κ3) is 3.49. The maximum Gasteiger partial charge on any atom is 0.228 e. The Labute approximate surface area is 159 Å². The van der Waals surface area contributed by atoms with Gasteiger partial charge in [0.25, 0.3) is 0 Å². The normalized spacial score (nSPS) is 15.3. The number of hydrogen-bond acceptors (Lipinski definition) is 7. The van der Waals surface area contributed by atoms with Crippen LogP contribution in [0.15, 0.2) is 24.3 Å². The molecule has 2 aromatic heterocycles. The van der Waals surface area contributed by atoms with Gasteiger partial charge in [-0.25, -0.2) is 4.98 Å². The van der Waals surface area contributed by atoms with Crippen LogP contribution in [0.2, 0.25) is 0 Å². The second-order valence-corrected chi connectivity index (χ2v) is 7.17. The zero-order valence-corrected chi connectivity index (χ0v) is 16.0. The number of para-hydroxylation sites is 1. The summed E-state index contributed by atoms with van der Waals surface area (Å²) < 4.78 is 0. The number of aryl methyl sites for hydroxylation is 2. The molecule has 3 aromatic rings. The van der Waals surface area contributed by atoms with Gasteiger partial charge in [-0.2, -0.15) is 15.0 Å². The number of nitrogens with two attached hydrogens (primary N) is 1. The second-order valence-electron chi connectivity index (χ2n) is 7.17. The van der Waals surface area contributed by atoms with Crippen molar-refractivity contribution < 1.29 is 0 Å². The molecule has 7 nitrogen and oxygen atoms in total. The van der Waals surface area contributed by atoms with E-state index < -0.39 is 0 Å². The van der Waals surface area contributed by atoms with Crippen LogP contribution in [0.4, 0.5) is 17.7 Å². The molecule has 3 heterocycles. The van der Waals surface area contributed by atoms with Gasteiger partial charge in [-0.3, -0.25) is 0 Å². The maximum absolute atomic E-state index is 5.77. The number of nitrogens with one attached hydrogen (secondary N) is 1. The van der Waals surface area contributed by atoms with Gasteiger partial charge in [0, 0.05) is 24.0 Å². The molecule has 4 rings (SSSR count). The van der Waals surface area contributed by atoms with Crippen LogP contribution in [0.25, 0.3) is 10.9 Å². The number of nitrogen functional groups attached to an aromatic ring is 1. The molecule has 1 aliphatic rings. The van der Waals surface area contributed by atoms with E-state index in [9.17, 15) is 0 Å². The summed E-state index contributed by atoms with van der Waals surface area (Å²) in [5, 5.41) is 4.52.